The molecule has 1 aromatic rings. The summed E-state index contributed by atoms with van der Waals surface area (Å²) in [5.74, 6) is -0.983. The molecule has 76 valence electrons. The van der Waals surface area contributed by atoms with Gasteiger partial charge < -0.3 is 5.11 Å². The molecule has 1 unspecified atom stereocenters. The van der Waals surface area contributed by atoms with E-state index in [4.69, 9.17) is 16.7 Å². The van der Waals surface area contributed by atoms with Crippen LogP contribution in [0.25, 0.3) is 0 Å². The van der Waals surface area contributed by atoms with Crippen LogP contribution in [0.2, 0.25) is 5.15 Å². The molecule has 0 aromatic carbocycles. The van der Waals surface area contributed by atoms with Crippen LogP contribution in [0, 0.1) is 6.92 Å². The molecule has 4 nitrogen and oxygen atoms in total. The van der Waals surface area contributed by atoms with Gasteiger partial charge in [-0.3, -0.25) is 9.78 Å². The zero-order chi connectivity index (χ0) is 10.7. The van der Waals surface area contributed by atoms with E-state index in [-0.39, 0.29) is 12.3 Å². The smallest absolute Gasteiger partial charge is 0.304 e. The predicted molar refractivity (Wildman–Crippen MR) is 52.4 cm³/mol. The average molecular weight is 215 g/mol. The number of aliphatic carboxylic acids is 1. The van der Waals surface area contributed by atoms with Crippen molar-refractivity contribution >= 4 is 17.6 Å². The second kappa shape index (κ2) is 4.37. The van der Waals surface area contributed by atoms with Crippen LogP contribution in [0.5, 0.6) is 0 Å². The number of hydrogen-bond acceptors (Lipinski definition) is 3. The van der Waals surface area contributed by atoms with E-state index >= 15 is 0 Å². The normalized spacial score (nSPS) is 12.5. The van der Waals surface area contributed by atoms with Crippen molar-refractivity contribution < 1.29 is 9.90 Å². The lowest BCUT2D eigenvalue weighted by Crippen LogP contribution is -2.06. The quantitative estimate of drug-likeness (QED) is 0.836. The molecule has 1 atom stereocenters. The van der Waals surface area contributed by atoms with Crippen LogP contribution < -0.4 is 0 Å². The number of carbonyl (C=O) groups is 1. The molecule has 0 aliphatic carbocycles. The highest BCUT2D eigenvalue weighted by Crippen LogP contribution is 2.18. The van der Waals surface area contributed by atoms with Gasteiger partial charge in [-0.05, 0) is 6.92 Å². The Bertz CT molecular complexity index is 355. The lowest BCUT2D eigenvalue weighted by molar-refractivity contribution is -0.137. The minimum Gasteiger partial charge on any atom is -0.481 e. The molecule has 0 saturated heterocycles. The summed E-state index contributed by atoms with van der Waals surface area (Å²) < 4.78 is 0. The van der Waals surface area contributed by atoms with Crippen LogP contribution in [-0.4, -0.2) is 21.0 Å². The topological polar surface area (TPSA) is 63.1 Å². The van der Waals surface area contributed by atoms with Crippen LogP contribution in [0.4, 0.5) is 0 Å². The van der Waals surface area contributed by atoms with Crippen LogP contribution in [0.1, 0.15) is 30.7 Å². The van der Waals surface area contributed by atoms with E-state index in [0.29, 0.717) is 16.5 Å². The minimum absolute atomic E-state index is 0.0513. The molecular weight excluding hydrogens is 204 g/mol. The number of carboxylic acids is 1. The Morgan fingerprint density at radius 3 is 2.86 bits per heavy atom. The fraction of sp³-hybridized carbons (Fsp3) is 0.444. The summed E-state index contributed by atoms with van der Waals surface area (Å²) >= 11 is 5.70. The van der Waals surface area contributed by atoms with Crippen molar-refractivity contribution in [1.82, 2.24) is 9.97 Å². The molecule has 1 heterocycles. The SMILES string of the molecule is Cc1nc(C(C)CC(=O)O)cnc1Cl. The van der Waals surface area contributed by atoms with Crippen molar-refractivity contribution in [1.29, 1.82) is 0 Å². The molecule has 0 fully saturated rings. The second-order valence-electron chi connectivity index (χ2n) is 3.17. The van der Waals surface area contributed by atoms with Gasteiger partial charge >= 0.3 is 5.97 Å². The van der Waals surface area contributed by atoms with Gasteiger partial charge in [0, 0.05) is 5.92 Å². The Hall–Kier alpha value is -1.16. The highest BCUT2D eigenvalue weighted by molar-refractivity contribution is 6.29. The van der Waals surface area contributed by atoms with Gasteiger partial charge in [0.05, 0.1) is 24.0 Å². The Kier molecular flexibility index (Phi) is 3.41. The van der Waals surface area contributed by atoms with Gasteiger partial charge in [-0.15, -0.1) is 0 Å². The molecule has 5 heteroatoms. The minimum atomic E-state index is -0.841. The molecule has 14 heavy (non-hydrogen) atoms. The van der Waals surface area contributed by atoms with Gasteiger partial charge in [-0.1, -0.05) is 18.5 Å². The predicted octanol–water partition coefficient (Wildman–Crippen LogP) is 2.02. The Labute approximate surface area is 87.0 Å². The third kappa shape index (κ3) is 2.67. The first-order chi connectivity index (χ1) is 6.50. The number of carboxylic acid groups (broad SMARTS) is 1. The van der Waals surface area contributed by atoms with Gasteiger partial charge in [0.2, 0.25) is 0 Å². The van der Waals surface area contributed by atoms with Crippen molar-refractivity contribution in [2.75, 3.05) is 0 Å². The molecule has 0 amide bonds. The number of aryl methyl sites for hydroxylation is 1. The zero-order valence-corrected chi connectivity index (χ0v) is 8.75. The molecule has 0 saturated carbocycles. The van der Waals surface area contributed by atoms with Crippen LogP contribution >= 0.6 is 11.6 Å². The maximum Gasteiger partial charge on any atom is 0.304 e. The molecule has 0 aliphatic heterocycles. The van der Waals surface area contributed by atoms with E-state index < -0.39 is 5.97 Å². The van der Waals surface area contributed by atoms with Gasteiger partial charge in [-0.2, -0.15) is 0 Å². The average Bonchev–Trinajstić information content (AvgIpc) is 2.08. The summed E-state index contributed by atoms with van der Waals surface area (Å²) in [6.45, 7) is 3.54. The number of hydrogen-bond donors (Lipinski definition) is 1. The third-order valence-corrected chi connectivity index (χ3v) is 2.26. The Morgan fingerprint density at radius 2 is 2.36 bits per heavy atom. The van der Waals surface area contributed by atoms with Gasteiger partial charge in [-0.25, -0.2) is 4.98 Å². The molecule has 1 aromatic heterocycles. The van der Waals surface area contributed by atoms with Crippen molar-refractivity contribution in [3.8, 4) is 0 Å². The number of aromatic nitrogens is 2. The maximum absolute atomic E-state index is 10.5. The van der Waals surface area contributed by atoms with E-state index in [2.05, 4.69) is 9.97 Å². The molecular formula is C9H11ClN2O2. The van der Waals surface area contributed by atoms with E-state index in [0.717, 1.165) is 0 Å². The highest BCUT2D eigenvalue weighted by atomic mass is 35.5. The highest BCUT2D eigenvalue weighted by Gasteiger charge is 2.12. The monoisotopic (exact) mass is 214 g/mol. The van der Waals surface area contributed by atoms with E-state index in [9.17, 15) is 4.79 Å². The van der Waals surface area contributed by atoms with E-state index in [1.54, 1.807) is 13.8 Å². The zero-order valence-electron chi connectivity index (χ0n) is 7.99. The van der Waals surface area contributed by atoms with Crippen LogP contribution in [0.15, 0.2) is 6.20 Å². The molecule has 0 radical (unpaired) electrons. The van der Waals surface area contributed by atoms with Gasteiger partial charge in [0.15, 0.2) is 0 Å². The van der Waals surface area contributed by atoms with E-state index in [1.165, 1.54) is 6.20 Å². The first kappa shape index (κ1) is 10.9. The molecule has 1 N–H and O–H groups in total. The fourth-order valence-electron chi connectivity index (χ4n) is 1.09. The second-order valence-corrected chi connectivity index (χ2v) is 3.53. The summed E-state index contributed by atoms with van der Waals surface area (Å²) in [4.78, 5) is 18.5. The van der Waals surface area contributed by atoms with Crippen molar-refractivity contribution in [2.45, 2.75) is 26.2 Å². The third-order valence-electron chi connectivity index (χ3n) is 1.89. The summed E-state index contributed by atoms with van der Waals surface area (Å²) in [6, 6.07) is 0. The number of nitrogens with zero attached hydrogens (tertiary/aromatic N) is 2. The fourth-order valence-corrected chi connectivity index (χ4v) is 1.18. The molecule has 0 aliphatic rings. The van der Waals surface area contributed by atoms with Crippen LogP contribution in [-0.2, 0) is 4.79 Å². The maximum atomic E-state index is 10.5. The largest absolute Gasteiger partial charge is 0.481 e. The Morgan fingerprint density at radius 1 is 1.71 bits per heavy atom. The molecule has 0 bridgehead atoms. The summed E-state index contributed by atoms with van der Waals surface area (Å²) in [7, 11) is 0. The van der Waals surface area contributed by atoms with Crippen molar-refractivity contribution in [3.63, 3.8) is 0 Å². The summed E-state index contributed by atoms with van der Waals surface area (Å²) in [5.41, 5.74) is 1.29. The van der Waals surface area contributed by atoms with Crippen molar-refractivity contribution in [3.05, 3.63) is 22.7 Å². The first-order valence-corrected chi connectivity index (χ1v) is 4.59. The van der Waals surface area contributed by atoms with Crippen molar-refractivity contribution in [2.24, 2.45) is 0 Å². The first-order valence-electron chi connectivity index (χ1n) is 4.21. The lowest BCUT2D eigenvalue weighted by atomic mass is 10.0. The summed E-state index contributed by atoms with van der Waals surface area (Å²) in [6.07, 6.45) is 1.57. The van der Waals surface area contributed by atoms with Gasteiger partial charge in [0.25, 0.3) is 0 Å². The van der Waals surface area contributed by atoms with Gasteiger partial charge in [0.1, 0.15) is 5.15 Å². The molecule has 1 rings (SSSR count). The molecule has 0 spiro atoms. The Balaban J connectivity index is 2.85. The standard InChI is InChI=1S/C9H11ClN2O2/c1-5(3-8(13)14)7-4-11-9(10)6(2)12-7/h4-5H,3H2,1-2H3,(H,13,14). The number of rotatable bonds is 3. The number of halogens is 1. The van der Waals surface area contributed by atoms with E-state index in [1.807, 2.05) is 0 Å². The lowest BCUT2D eigenvalue weighted by Gasteiger charge is -2.08. The summed E-state index contributed by atoms with van der Waals surface area (Å²) in [5, 5.41) is 8.95. The van der Waals surface area contributed by atoms with Crippen LogP contribution in [0.3, 0.4) is 0 Å².